The lowest BCUT2D eigenvalue weighted by atomic mass is 10.1. The summed E-state index contributed by atoms with van der Waals surface area (Å²) in [5, 5.41) is 21.5. The normalized spacial score (nSPS) is 16.8. The molecule has 0 spiro atoms. The number of carbonyl (C=O) groups is 1. The van der Waals surface area contributed by atoms with E-state index in [0.717, 1.165) is 12.8 Å². The SMILES string of the molecule is CC1(CNC(=O)c2cccc(O)c2O)CC1. The van der Waals surface area contributed by atoms with Crippen LogP contribution in [0.15, 0.2) is 18.2 Å². The van der Waals surface area contributed by atoms with Crippen molar-refractivity contribution in [2.75, 3.05) is 6.54 Å². The highest BCUT2D eigenvalue weighted by atomic mass is 16.3. The van der Waals surface area contributed by atoms with Crippen LogP contribution in [-0.2, 0) is 0 Å². The maximum Gasteiger partial charge on any atom is 0.255 e. The molecule has 0 radical (unpaired) electrons. The molecule has 3 N–H and O–H groups in total. The van der Waals surface area contributed by atoms with Gasteiger partial charge in [-0.1, -0.05) is 13.0 Å². The Kier molecular flexibility index (Phi) is 2.50. The van der Waals surface area contributed by atoms with Gasteiger partial charge in [-0.25, -0.2) is 0 Å². The van der Waals surface area contributed by atoms with Crippen LogP contribution in [0.25, 0.3) is 0 Å². The second-order valence-electron chi connectivity index (χ2n) is 4.67. The second kappa shape index (κ2) is 3.70. The van der Waals surface area contributed by atoms with Crippen LogP contribution in [0.3, 0.4) is 0 Å². The number of benzene rings is 1. The number of phenols is 2. The minimum absolute atomic E-state index is 0.115. The Bertz CT molecular complexity index is 424. The fourth-order valence-corrected chi connectivity index (χ4v) is 1.49. The third-order valence-corrected chi connectivity index (χ3v) is 3.04. The number of carbonyl (C=O) groups excluding carboxylic acids is 1. The molecule has 0 aliphatic heterocycles. The molecular weight excluding hydrogens is 206 g/mol. The van der Waals surface area contributed by atoms with Gasteiger partial charge < -0.3 is 15.5 Å². The van der Waals surface area contributed by atoms with Gasteiger partial charge in [0.2, 0.25) is 0 Å². The molecule has 0 bridgehead atoms. The summed E-state index contributed by atoms with van der Waals surface area (Å²) < 4.78 is 0. The maximum absolute atomic E-state index is 11.7. The summed E-state index contributed by atoms with van der Waals surface area (Å²) in [5.41, 5.74) is 0.339. The quantitative estimate of drug-likeness (QED) is 0.679. The monoisotopic (exact) mass is 221 g/mol. The molecule has 1 saturated carbocycles. The van der Waals surface area contributed by atoms with Crippen LogP contribution in [0.2, 0.25) is 0 Å². The average molecular weight is 221 g/mol. The number of amides is 1. The van der Waals surface area contributed by atoms with Crippen LogP contribution in [0.5, 0.6) is 11.5 Å². The van der Waals surface area contributed by atoms with Gasteiger partial charge in [0.05, 0.1) is 5.56 Å². The Morgan fingerprint density at radius 2 is 2.12 bits per heavy atom. The standard InChI is InChI=1S/C12H15NO3/c1-12(5-6-12)7-13-11(16)8-3-2-4-9(14)10(8)15/h2-4,14-15H,5-7H2,1H3,(H,13,16). The number of rotatable bonds is 3. The van der Waals surface area contributed by atoms with Gasteiger partial charge in [0.15, 0.2) is 11.5 Å². The van der Waals surface area contributed by atoms with Crippen LogP contribution in [0, 0.1) is 5.41 Å². The van der Waals surface area contributed by atoms with E-state index in [1.807, 2.05) is 0 Å². The summed E-state index contributed by atoms with van der Waals surface area (Å²) in [4.78, 5) is 11.7. The molecule has 0 atom stereocenters. The van der Waals surface area contributed by atoms with Crippen molar-refractivity contribution in [2.45, 2.75) is 19.8 Å². The van der Waals surface area contributed by atoms with Gasteiger partial charge in [0.1, 0.15) is 0 Å². The summed E-state index contributed by atoms with van der Waals surface area (Å²) in [6.45, 7) is 2.72. The highest BCUT2D eigenvalue weighted by molar-refractivity contribution is 5.97. The number of aromatic hydroxyl groups is 2. The third-order valence-electron chi connectivity index (χ3n) is 3.04. The van der Waals surface area contributed by atoms with E-state index in [2.05, 4.69) is 12.2 Å². The van der Waals surface area contributed by atoms with Crippen LogP contribution in [0.4, 0.5) is 0 Å². The van der Waals surface area contributed by atoms with Crippen molar-refractivity contribution in [2.24, 2.45) is 5.41 Å². The highest BCUT2D eigenvalue weighted by Crippen LogP contribution is 2.44. The van der Waals surface area contributed by atoms with Crippen LogP contribution in [0.1, 0.15) is 30.1 Å². The van der Waals surface area contributed by atoms with Gasteiger partial charge in [-0.2, -0.15) is 0 Å². The molecule has 2 rings (SSSR count). The molecule has 1 aliphatic carbocycles. The molecule has 0 heterocycles. The molecule has 1 aromatic rings. The smallest absolute Gasteiger partial charge is 0.255 e. The Morgan fingerprint density at radius 3 is 2.75 bits per heavy atom. The molecule has 1 fully saturated rings. The third kappa shape index (κ3) is 2.10. The average Bonchev–Trinajstić information content (AvgIpc) is 2.98. The van der Waals surface area contributed by atoms with Gasteiger partial charge in [-0.3, -0.25) is 4.79 Å². The first kappa shape index (κ1) is 10.8. The maximum atomic E-state index is 11.7. The van der Waals surface area contributed by atoms with Crippen molar-refractivity contribution >= 4 is 5.91 Å². The van der Waals surface area contributed by atoms with Crippen molar-refractivity contribution in [3.63, 3.8) is 0 Å². The molecule has 1 amide bonds. The molecule has 4 nitrogen and oxygen atoms in total. The molecule has 1 aromatic carbocycles. The molecule has 86 valence electrons. The minimum Gasteiger partial charge on any atom is -0.504 e. The predicted octanol–water partition coefficient (Wildman–Crippen LogP) is 1.63. The summed E-state index contributed by atoms with van der Waals surface area (Å²) in [6, 6.07) is 4.36. The van der Waals surface area contributed by atoms with Crippen molar-refractivity contribution in [3.8, 4) is 11.5 Å². The first-order valence-corrected chi connectivity index (χ1v) is 5.31. The summed E-state index contributed by atoms with van der Waals surface area (Å²) >= 11 is 0. The summed E-state index contributed by atoms with van der Waals surface area (Å²) in [7, 11) is 0. The number of nitrogens with one attached hydrogen (secondary N) is 1. The van der Waals surface area contributed by atoms with Gasteiger partial charge >= 0.3 is 0 Å². The lowest BCUT2D eigenvalue weighted by Crippen LogP contribution is -2.28. The van der Waals surface area contributed by atoms with E-state index in [-0.39, 0.29) is 28.4 Å². The minimum atomic E-state index is -0.360. The van der Waals surface area contributed by atoms with E-state index in [4.69, 9.17) is 0 Å². The zero-order chi connectivity index (χ0) is 11.8. The highest BCUT2D eigenvalue weighted by Gasteiger charge is 2.37. The Hall–Kier alpha value is -1.71. The van der Waals surface area contributed by atoms with Crippen molar-refractivity contribution in [3.05, 3.63) is 23.8 Å². The Morgan fingerprint density at radius 1 is 1.44 bits per heavy atom. The summed E-state index contributed by atoms with van der Waals surface area (Å²) in [6.07, 6.45) is 2.25. The fraction of sp³-hybridized carbons (Fsp3) is 0.417. The van der Waals surface area contributed by atoms with Gasteiger partial charge in [0.25, 0.3) is 5.91 Å². The lowest BCUT2D eigenvalue weighted by molar-refractivity contribution is 0.0942. The molecule has 4 heteroatoms. The topological polar surface area (TPSA) is 69.6 Å². The van der Waals surface area contributed by atoms with Gasteiger partial charge in [-0.15, -0.1) is 0 Å². The molecule has 0 saturated heterocycles. The zero-order valence-corrected chi connectivity index (χ0v) is 9.16. The first-order chi connectivity index (χ1) is 7.52. The molecule has 0 aromatic heterocycles. The lowest BCUT2D eigenvalue weighted by Gasteiger charge is -2.11. The van der Waals surface area contributed by atoms with E-state index in [9.17, 15) is 15.0 Å². The van der Waals surface area contributed by atoms with Crippen LogP contribution in [-0.4, -0.2) is 22.7 Å². The van der Waals surface area contributed by atoms with E-state index in [0.29, 0.717) is 6.54 Å². The number of para-hydroxylation sites is 1. The van der Waals surface area contributed by atoms with Crippen molar-refractivity contribution < 1.29 is 15.0 Å². The number of phenolic OH excluding ortho intramolecular Hbond substituents is 2. The van der Waals surface area contributed by atoms with E-state index in [1.54, 1.807) is 0 Å². The van der Waals surface area contributed by atoms with Gasteiger partial charge in [-0.05, 0) is 30.4 Å². The number of hydrogen-bond donors (Lipinski definition) is 3. The number of hydrogen-bond acceptors (Lipinski definition) is 3. The van der Waals surface area contributed by atoms with E-state index >= 15 is 0 Å². The van der Waals surface area contributed by atoms with Crippen molar-refractivity contribution in [1.82, 2.24) is 5.32 Å². The van der Waals surface area contributed by atoms with E-state index in [1.165, 1.54) is 18.2 Å². The molecule has 1 aliphatic rings. The zero-order valence-electron chi connectivity index (χ0n) is 9.16. The Balaban J connectivity index is 2.05. The van der Waals surface area contributed by atoms with Crippen molar-refractivity contribution in [1.29, 1.82) is 0 Å². The first-order valence-electron chi connectivity index (χ1n) is 5.31. The van der Waals surface area contributed by atoms with E-state index < -0.39 is 0 Å². The summed E-state index contributed by atoms with van der Waals surface area (Å²) in [5.74, 6) is -0.979. The molecule has 16 heavy (non-hydrogen) atoms. The van der Waals surface area contributed by atoms with Gasteiger partial charge in [0, 0.05) is 6.54 Å². The Labute approximate surface area is 93.9 Å². The largest absolute Gasteiger partial charge is 0.504 e. The van der Waals surface area contributed by atoms with Crippen LogP contribution >= 0.6 is 0 Å². The second-order valence-corrected chi connectivity index (χ2v) is 4.67. The predicted molar refractivity (Wildman–Crippen MR) is 59.4 cm³/mol. The molecular formula is C12H15NO3. The molecule has 0 unspecified atom stereocenters. The fourth-order valence-electron chi connectivity index (χ4n) is 1.49. The van der Waals surface area contributed by atoms with Crippen LogP contribution < -0.4 is 5.32 Å².